The van der Waals surface area contributed by atoms with Crippen LogP contribution in [0.25, 0.3) is 0 Å². The van der Waals surface area contributed by atoms with Gasteiger partial charge in [-0.25, -0.2) is 0 Å². The van der Waals surface area contributed by atoms with E-state index in [-0.39, 0.29) is 0 Å². The number of rotatable bonds is 2. The molecule has 1 saturated carbocycles. The van der Waals surface area contributed by atoms with E-state index in [0.29, 0.717) is 12.1 Å². The molecule has 1 aliphatic heterocycles. The Bertz CT molecular complexity index is 410. The van der Waals surface area contributed by atoms with E-state index in [9.17, 15) is 0 Å². The largest absolute Gasteiger partial charge is 0.362 e. The zero-order valence-electron chi connectivity index (χ0n) is 10.6. The number of thioether (sulfide) groups is 1. The highest BCUT2D eigenvalue weighted by Crippen LogP contribution is 2.30. The van der Waals surface area contributed by atoms with Gasteiger partial charge in [-0.05, 0) is 18.4 Å². The van der Waals surface area contributed by atoms with Crippen molar-refractivity contribution in [3.63, 3.8) is 0 Å². The third-order valence-electron chi connectivity index (χ3n) is 3.77. The molecule has 1 unspecified atom stereocenters. The first-order valence-corrected chi connectivity index (χ1v) is 7.92. The van der Waals surface area contributed by atoms with E-state index < -0.39 is 0 Å². The molecule has 3 rings (SSSR count). The Hall–Kier alpha value is -0.960. The summed E-state index contributed by atoms with van der Waals surface area (Å²) in [6.45, 7) is 0. The fourth-order valence-electron chi connectivity index (χ4n) is 2.72. The highest BCUT2D eigenvalue weighted by molar-refractivity contribution is 8.14. The molecule has 0 aromatic heterocycles. The molecule has 18 heavy (non-hydrogen) atoms. The molecule has 1 N–H and O–H groups in total. The van der Waals surface area contributed by atoms with Gasteiger partial charge in [-0.15, -0.1) is 0 Å². The molecule has 0 saturated heterocycles. The Morgan fingerprint density at radius 1 is 1.06 bits per heavy atom. The lowest BCUT2D eigenvalue weighted by Crippen LogP contribution is -2.33. The molecule has 0 radical (unpaired) electrons. The van der Waals surface area contributed by atoms with E-state index in [4.69, 9.17) is 4.99 Å². The van der Waals surface area contributed by atoms with Gasteiger partial charge in [0.1, 0.15) is 0 Å². The summed E-state index contributed by atoms with van der Waals surface area (Å²) in [7, 11) is 0. The van der Waals surface area contributed by atoms with Crippen molar-refractivity contribution in [1.82, 2.24) is 5.32 Å². The zero-order chi connectivity index (χ0) is 12.2. The SMILES string of the molecule is c1ccc(C2CSC(NC3CCCCC3)=N2)cc1. The zero-order valence-corrected chi connectivity index (χ0v) is 11.5. The van der Waals surface area contributed by atoms with E-state index in [1.807, 2.05) is 11.8 Å². The molecule has 0 amide bonds. The fraction of sp³-hybridized carbons (Fsp3) is 0.533. The Morgan fingerprint density at radius 3 is 2.61 bits per heavy atom. The van der Waals surface area contributed by atoms with Crippen LogP contribution in [0.5, 0.6) is 0 Å². The van der Waals surface area contributed by atoms with Crippen LogP contribution in [-0.2, 0) is 0 Å². The monoisotopic (exact) mass is 260 g/mol. The molecule has 1 aromatic rings. The topological polar surface area (TPSA) is 24.4 Å². The number of hydrogen-bond donors (Lipinski definition) is 1. The van der Waals surface area contributed by atoms with Gasteiger partial charge >= 0.3 is 0 Å². The van der Waals surface area contributed by atoms with Gasteiger partial charge in [0.05, 0.1) is 6.04 Å². The van der Waals surface area contributed by atoms with Gasteiger partial charge in [-0.2, -0.15) is 0 Å². The van der Waals surface area contributed by atoms with Gasteiger partial charge in [0.15, 0.2) is 5.17 Å². The van der Waals surface area contributed by atoms with E-state index in [0.717, 1.165) is 10.9 Å². The molecule has 3 heteroatoms. The molecule has 0 spiro atoms. The number of hydrogen-bond acceptors (Lipinski definition) is 3. The van der Waals surface area contributed by atoms with Crippen molar-refractivity contribution in [2.75, 3.05) is 5.75 Å². The van der Waals surface area contributed by atoms with E-state index in [2.05, 4.69) is 35.6 Å². The summed E-state index contributed by atoms with van der Waals surface area (Å²) in [5.41, 5.74) is 1.34. The number of benzene rings is 1. The number of aliphatic imine (C=N–C) groups is 1. The van der Waals surface area contributed by atoms with Crippen molar-refractivity contribution in [2.24, 2.45) is 4.99 Å². The summed E-state index contributed by atoms with van der Waals surface area (Å²) in [4.78, 5) is 4.82. The second-order valence-electron chi connectivity index (χ2n) is 5.15. The summed E-state index contributed by atoms with van der Waals surface area (Å²) in [6.07, 6.45) is 6.78. The predicted octanol–water partition coefficient (Wildman–Crippen LogP) is 3.75. The van der Waals surface area contributed by atoms with Crippen molar-refractivity contribution in [2.45, 2.75) is 44.2 Å². The van der Waals surface area contributed by atoms with Crippen LogP contribution < -0.4 is 5.32 Å². The minimum Gasteiger partial charge on any atom is -0.362 e. The summed E-state index contributed by atoms with van der Waals surface area (Å²) in [6, 6.07) is 11.6. The third kappa shape index (κ3) is 2.89. The van der Waals surface area contributed by atoms with Crippen LogP contribution in [0, 0.1) is 0 Å². The second-order valence-corrected chi connectivity index (χ2v) is 6.16. The molecule has 1 aromatic carbocycles. The van der Waals surface area contributed by atoms with Gasteiger partial charge in [-0.1, -0.05) is 61.4 Å². The Morgan fingerprint density at radius 2 is 1.83 bits per heavy atom. The number of nitrogens with one attached hydrogen (secondary N) is 1. The molecular weight excluding hydrogens is 240 g/mol. The first-order chi connectivity index (χ1) is 8.92. The average Bonchev–Trinajstić information content (AvgIpc) is 2.89. The van der Waals surface area contributed by atoms with Crippen LogP contribution in [0.1, 0.15) is 43.7 Å². The molecule has 2 nitrogen and oxygen atoms in total. The molecule has 0 bridgehead atoms. The molecule has 1 atom stereocenters. The van der Waals surface area contributed by atoms with Crippen molar-refractivity contribution < 1.29 is 0 Å². The maximum atomic E-state index is 4.82. The normalized spacial score (nSPS) is 24.9. The molecule has 1 fully saturated rings. The van der Waals surface area contributed by atoms with E-state index >= 15 is 0 Å². The lowest BCUT2D eigenvalue weighted by molar-refractivity contribution is 0.415. The minimum atomic E-state index is 0.349. The first-order valence-electron chi connectivity index (χ1n) is 6.94. The molecule has 96 valence electrons. The van der Waals surface area contributed by atoms with Gasteiger partial charge < -0.3 is 5.32 Å². The van der Waals surface area contributed by atoms with Gasteiger partial charge in [0.2, 0.25) is 0 Å². The number of nitrogens with zero attached hydrogens (tertiary/aromatic N) is 1. The number of amidine groups is 1. The lowest BCUT2D eigenvalue weighted by atomic mass is 9.96. The molecular formula is C15H20N2S. The van der Waals surface area contributed by atoms with Crippen LogP contribution in [0.2, 0.25) is 0 Å². The van der Waals surface area contributed by atoms with Crippen molar-refractivity contribution in [3.8, 4) is 0 Å². The van der Waals surface area contributed by atoms with E-state index in [1.54, 1.807) is 0 Å². The lowest BCUT2D eigenvalue weighted by Gasteiger charge is -2.23. The molecule has 1 aliphatic carbocycles. The Kier molecular flexibility index (Phi) is 3.89. The molecule has 1 heterocycles. The summed E-state index contributed by atoms with van der Waals surface area (Å²) in [5, 5.41) is 4.79. The smallest absolute Gasteiger partial charge is 0.157 e. The second kappa shape index (κ2) is 5.79. The highest BCUT2D eigenvalue weighted by Gasteiger charge is 2.22. The van der Waals surface area contributed by atoms with Crippen molar-refractivity contribution in [1.29, 1.82) is 0 Å². The molecule has 2 aliphatic rings. The highest BCUT2D eigenvalue weighted by atomic mass is 32.2. The van der Waals surface area contributed by atoms with Crippen LogP contribution in [0.4, 0.5) is 0 Å². The summed E-state index contributed by atoms with van der Waals surface area (Å²) >= 11 is 1.88. The standard InChI is InChI=1S/C15H20N2S/c1-3-7-12(8-4-1)14-11-18-15(17-14)16-13-9-5-2-6-10-13/h1,3-4,7-8,13-14H,2,5-6,9-11H2,(H,16,17). The summed E-state index contributed by atoms with van der Waals surface area (Å²) < 4.78 is 0. The predicted molar refractivity (Wildman–Crippen MR) is 79.1 cm³/mol. The van der Waals surface area contributed by atoms with Crippen LogP contribution >= 0.6 is 11.8 Å². The quantitative estimate of drug-likeness (QED) is 0.875. The van der Waals surface area contributed by atoms with Crippen molar-refractivity contribution >= 4 is 16.9 Å². The fourth-order valence-corrected chi connectivity index (χ4v) is 3.75. The van der Waals surface area contributed by atoms with Gasteiger partial charge in [0, 0.05) is 11.8 Å². The van der Waals surface area contributed by atoms with Crippen molar-refractivity contribution in [3.05, 3.63) is 35.9 Å². The summed E-state index contributed by atoms with van der Waals surface area (Å²) in [5.74, 6) is 1.08. The Balaban J connectivity index is 1.61. The van der Waals surface area contributed by atoms with E-state index in [1.165, 1.54) is 37.7 Å². The maximum absolute atomic E-state index is 4.82. The van der Waals surface area contributed by atoms with Crippen LogP contribution in [-0.4, -0.2) is 17.0 Å². The van der Waals surface area contributed by atoms with Gasteiger partial charge in [-0.3, -0.25) is 4.99 Å². The van der Waals surface area contributed by atoms with Crippen LogP contribution in [0.15, 0.2) is 35.3 Å². The first kappa shape index (κ1) is 12.1. The Labute approximate surface area is 113 Å². The third-order valence-corrected chi connectivity index (χ3v) is 4.75. The minimum absolute atomic E-state index is 0.349. The average molecular weight is 260 g/mol. The van der Waals surface area contributed by atoms with Crippen LogP contribution in [0.3, 0.4) is 0 Å². The maximum Gasteiger partial charge on any atom is 0.157 e. The van der Waals surface area contributed by atoms with Gasteiger partial charge in [0.25, 0.3) is 0 Å².